The minimum absolute atomic E-state index is 0.755. The van der Waals surface area contributed by atoms with Crippen LogP contribution in [0.1, 0.15) is 109 Å². The van der Waals surface area contributed by atoms with Crippen LogP contribution in [0.2, 0.25) is 0 Å². The zero-order valence-corrected chi connectivity index (χ0v) is 21.2. The summed E-state index contributed by atoms with van der Waals surface area (Å²) < 4.78 is 5.83. The van der Waals surface area contributed by atoms with E-state index in [0.29, 0.717) is 0 Å². The molecule has 1 aliphatic rings. The molecule has 0 spiro atoms. The largest absolute Gasteiger partial charge is 0.490 e. The fourth-order valence-electron chi connectivity index (χ4n) is 5.20. The second-order valence-corrected chi connectivity index (χ2v) is 10.1. The van der Waals surface area contributed by atoms with Crippen molar-refractivity contribution in [3.8, 4) is 17.1 Å². The van der Waals surface area contributed by atoms with Gasteiger partial charge < -0.3 is 4.74 Å². The smallest absolute Gasteiger partial charge is 0.159 e. The molecule has 1 heterocycles. The Kier molecular flexibility index (Phi) is 11.8. The lowest BCUT2D eigenvalue weighted by atomic mass is 9.78. The summed E-state index contributed by atoms with van der Waals surface area (Å²) >= 11 is 0. The van der Waals surface area contributed by atoms with Gasteiger partial charge in [0, 0.05) is 5.56 Å². The van der Waals surface area contributed by atoms with E-state index in [1.807, 2.05) is 12.4 Å². The highest BCUT2D eigenvalue weighted by atomic mass is 16.5. The average molecular weight is 451 g/mol. The number of ether oxygens (including phenoxy) is 1. The van der Waals surface area contributed by atoms with E-state index in [4.69, 9.17) is 4.74 Å². The third-order valence-electron chi connectivity index (χ3n) is 7.36. The minimum atomic E-state index is 0.755. The number of nitrogens with zero attached hydrogens (tertiary/aromatic N) is 2. The lowest BCUT2D eigenvalue weighted by molar-refractivity contribution is 0.252. The summed E-state index contributed by atoms with van der Waals surface area (Å²) in [5.74, 6) is 3.48. The molecule has 0 amide bonds. The summed E-state index contributed by atoms with van der Waals surface area (Å²) in [6.07, 6.45) is 23.8. The first-order valence-corrected chi connectivity index (χ1v) is 13.8. The Morgan fingerprint density at radius 1 is 0.727 bits per heavy atom. The van der Waals surface area contributed by atoms with Gasteiger partial charge in [0.1, 0.15) is 0 Å². The van der Waals surface area contributed by atoms with Gasteiger partial charge in [-0.15, -0.1) is 0 Å². The lowest BCUT2D eigenvalue weighted by Crippen LogP contribution is -2.15. The first-order valence-electron chi connectivity index (χ1n) is 13.8. The highest BCUT2D eigenvalue weighted by Gasteiger charge is 2.20. The van der Waals surface area contributed by atoms with Crippen molar-refractivity contribution < 1.29 is 4.74 Å². The van der Waals surface area contributed by atoms with Gasteiger partial charge in [-0.3, -0.25) is 0 Å². The number of aromatic nitrogens is 2. The molecular weight excluding hydrogens is 404 g/mol. The summed E-state index contributed by atoms with van der Waals surface area (Å²) in [5, 5.41) is 0. The van der Waals surface area contributed by atoms with Gasteiger partial charge in [-0.05, 0) is 36.7 Å². The Hall–Kier alpha value is -1.90. The summed E-state index contributed by atoms with van der Waals surface area (Å²) in [7, 11) is 0. The maximum atomic E-state index is 5.83. The summed E-state index contributed by atoms with van der Waals surface area (Å²) in [5.41, 5.74) is 2.52. The van der Waals surface area contributed by atoms with Gasteiger partial charge >= 0.3 is 0 Å². The fraction of sp³-hybridized carbons (Fsp3) is 0.667. The second kappa shape index (κ2) is 15.1. The number of hydrogen-bond donors (Lipinski definition) is 0. The highest BCUT2D eigenvalue weighted by Crippen LogP contribution is 2.34. The normalized spacial score (nSPS) is 18.4. The van der Waals surface area contributed by atoms with Crippen molar-refractivity contribution in [2.24, 2.45) is 11.8 Å². The van der Waals surface area contributed by atoms with Crippen molar-refractivity contribution in [1.29, 1.82) is 0 Å². The maximum Gasteiger partial charge on any atom is 0.159 e. The first-order chi connectivity index (χ1) is 16.3. The molecule has 0 atom stereocenters. The molecule has 0 N–H and O–H groups in total. The molecule has 0 unspecified atom stereocenters. The first kappa shape index (κ1) is 25.7. The van der Waals surface area contributed by atoms with E-state index >= 15 is 0 Å². The molecule has 2 aromatic rings. The van der Waals surface area contributed by atoms with Gasteiger partial charge in [-0.1, -0.05) is 115 Å². The number of benzene rings is 1. The van der Waals surface area contributed by atoms with E-state index in [2.05, 4.69) is 48.1 Å². The summed E-state index contributed by atoms with van der Waals surface area (Å²) in [4.78, 5) is 9.07. The van der Waals surface area contributed by atoms with Crippen LogP contribution in [0.4, 0.5) is 0 Å². The maximum absolute atomic E-state index is 5.83. The minimum Gasteiger partial charge on any atom is -0.490 e. The van der Waals surface area contributed by atoms with Crippen molar-refractivity contribution in [3.05, 3.63) is 42.2 Å². The van der Waals surface area contributed by atoms with Crippen LogP contribution in [0.3, 0.4) is 0 Å². The van der Waals surface area contributed by atoms with Crippen molar-refractivity contribution >= 4 is 0 Å². The predicted octanol–water partition coefficient (Wildman–Crippen LogP) is 8.81. The molecule has 3 rings (SSSR count). The van der Waals surface area contributed by atoms with Crippen LogP contribution in [0.25, 0.3) is 11.4 Å². The molecule has 33 heavy (non-hydrogen) atoms. The van der Waals surface area contributed by atoms with E-state index in [1.54, 1.807) is 0 Å². The van der Waals surface area contributed by atoms with E-state index in [-0.39, 0.29) is 0 Å². The lowest BCUT2D eigenvalue weighted by Gasteiger charge is -2.28. The summed E-state index contributed by atoms with van der Waals surface area (Å²) in [6, 6.07) is 8.85. The molecule has 0 aliphatic heterocycles. The SMILES string of the molecule is CCCCCCCCCOc1cnc(-c2ccc(CC[C@H]3CC[C@H](CCC)CC3)cc2)nc1. The molecule has 182 valence electrons. The van der Waals surface area contributed by atoms with Crippen LogP contribution in [-0.4, -0.2) is 16.6 Å². The molecule has 1 aliphatic carbocycles. The zero-order valence-electron chi connectivity index (χ0n) is 21.2. The van der Waals surface area contributed by atoms with Crippen LogP contribution in [-0.2, 0) is 6.42 Å². The topological polar surface area (TPSA) is 35.0 Å². The van der Waals surface area contributed by atoms with Gasteiger partial charge in [0.2, 0.25) is 0 Å². The summed E-state index contributed by atoms with van der Waals surface area (Å²) in [6.45, 7) is 5.34. The van der Waals surface area contributed by atoms with Crippen molar-refractivity contribution in [2.45, 2.75) is 110 Å². The second-order valence-electron chi connectivity index (χ2n) is 10.1. The Morgan fingerprint density at radius 3 is 1.97 bits per heavy atom. The van der Waals surface area contributed by atoms with Crippen LogP contribution < -0.4 is 4.74 Å². The third kappa shape index (κ3) is 9.47. The zero-order chi connectivity index (χ0) is 23.1. The third-order valence-corrected chi connectivity index (χ3v) is 7.36. The van der Waals surface area contributed by atoms with Crippen molar-refractivity contribution in [1.82, 2.24) is 9.97 Å². The van der Waals surface area contributed by atoms with Crippen LogP contribution in [0.15, 0.2) is 36.7 Å². The van der Waals surface area contributed by atoms with E-state index < -0.39 is 0 Å². The molecule has 3 heteroatoms. The van der Waals surface area contributed by atoms with Gasteiger partial charge in [0.05, 0.1) is 19.0 Å². The Morgan fingerprint density at radius 2 is 1.33 bits per heavy atom. The van der Waals surface area contributed by atoms with Gasteiger partial charge in [-0.25, -0.2) is 9.97 Å². The number of aryl methyl sites for hydroxylation is 1. The van der Waals surface area contributed by atoms with Gasteiger partial charge in [0.25, 0.3) is 0 Å². The number of rotatable bonds is 15. The van der Waals surface area contributed by atoms with Crippen LogP contribution in [0, 0.1) is 11.8 Å². The van der Waals surface area contributed by atoms with Crippen molar-refractivity contribution in [2.75, 3.05) is 6.61 Å². The van der Waals surface area contributed by atoms with E-state index in [9.17, 15) is 0 Å². The van der Waals surface area contributed by atoms with E-state index in [0.717, 1.165) is 42.0 Å². The quantitative estimate of drug-likeness (QED) is 0.254. The van der Waals surface area contributed by atoms with Crippen LogP contribution >= 0.6 is 0 Å². The molecule has 0 saturated heterocycles. The van der Waals surface area contributed by atoms with Gasteiger partial charge in [-0.2, -0.15) is 0 Å². The Labute approximate surface area is 202 Å². The number of unbranched alkanes of at least 4 members (excludes halogenated alkanes) is 6. The van der Waals surface area contributed by atoms with Crippen molar-refractivity contribution in [3.63, 3.8) is 0 Å². The molecule has 0 radical (unpaired) electrons. The average Bonchev–Trinajstić information content (AvgIpc) is 2.86. The molecule has 3 nitrogen and oxygen atoms in total. The Bertz CT molecular complexity index is 748. The van der Waals surface area contributed by atoms with Gasteiger partial charge in [0.15, 0.2) is 11.6 Å². The Balaban J connectivity index is 1.34. The molecule has 1 saturated carbocycles. The molecule has 1 aromatic heterocycles. The van der Waals surface area contributed by atoms with Crippen LogP contribution in [0.5, 0.6) is 5.75 Å². The monoisotopic (exact) mass is 450 g/mol. The van der Waals surface area contributed by atoms with E-state index in [1.165, 1.54) is 95.5 Å². The standard InChI is InChI=1S/C30H46N2O/c1-3-5-6-7-8-9-10-22-33-29-23-31-30(32-24-29)28-20-18-27(19-21-28)17-16-26-14-12-25(11-4-2)13-15-26/h18-21,23-26H,3-17,22H2,1-2H3/t25-,26-. The predicted molar refractivity (Wildman–Crippen MR) is 140 cm³/mol. The number of hydrogen-bond acceptors (Lipinski definition) is 3. The molecule has 0 bridgehead atoms. The highest BCUT2D eigenvalue weighted by molar-refractivity contribution is 5.55. The molecule has 1 fully saturated rings. The molecular formula is C30H46N2O. The fourth-order valence-corrected chi connectivity index (χ4v) is 5.20. The molecule has 1 aromatic carbocycles.